The molecule has 1 amide bonds. The van der Waals surface area contributed by atoms with Crippen LogP contribution in [-0.2, 0) is 4.79 Å². The van der Waals surface area contributed by atoms with Gasteiger partial charge in [0.1, 0.15) is 23.1 Å². The molecule has 0 unspecified atom stereocenters. The number of hydrogen-bond acceptors (Lipinski definition) is 6. The molecule has 176 valence electrons. The molecule has 3 heterocycles. The number of carbonyl (C=O) groups is 1. The second-order valence-corrected chi connectivity index (χ2v) is 9.16. The number of amidine groups is 2. The molecule has 8 nitrogen and oxygen atoms in total. The molecule has 2 aliphatic rings. The summed E-state index contributed by atoms with van der Waals surface area (Å²) in [5.74, 6) is 0.820. The summed E-state index contributed by atoms with van der Waals surface area (Å²) in [7, 11) is 1.58. The Morgan fingerprint density at radius 3 is 2.77 bits per heavy atom. The van der Waals surface area contributed by atoms with Crippen LogP contribution in [0.4, 0.5) is 0 Å². The van der Waals surface area contributed by atoms with Crippen molar-refractivity contribution in [2.45, 2.75) is 6.92 Å². The first-order chi connectivity index (χ1) is 16.9. The highest BCUT2D eigenvalue weighted by molar-refractivity contribution is 8.27. The standard InChI is InChI=1S/C25H20ClN5O3S/c1-15-6-3-4-8-20(15)34-14-22-29-31-23(27)18(24(32)28-25(31)35-22)13-17-7-5-11-30(17)19-12-16(26)9-10-21(19)33-2/h3-13,27H,14H2,1-2H3/b18-13-,27-23?. The number of aromatic nitrogens is 1. The Kier molecular flexibility index (Phi) is 6.19. The summed E-state index contributed by atoms with van der Waals surface area (Å²) in [5, 5.41) is 16.0. The quantitative estimate of drug-likeness (QED) is 0.468. The second kappa shape index (κ2) is 9.44. The first kappa shape index (κ1) is 22.9. The molecule has 0 saturated heterocycles. The fourth-order valence-electron chi connectivity index (χ4n) is 3.68. The van der Waals surface area contributed by atoms with Crippen molar-refractivity contribution in [3.05, 3.63) is 82.6 Å². The number of ether oxygens (including phenoxy) is 2. The number of rotatable bonds is 6. The number of aryl methyl sites for hydroxylation is 1. The lowest BCUT2D eigenvalue weighted by Gasteiger charge is -2.20. The highest BCUT2D eigenvalue weighted by Crippen LogP contribution is 2.31. The summed E-state index contributed by atoms with van der Waals surface area (Å²) in [6.07, 6.45) is 3.45. The normalized spacial score (nSPS) is 16.3. The SMILES string of the molecule is COc1ccc(Cl)cc1-n1cccc1/C=C1/C(=N)N2N=C(COc3ccccc3C)SC2=NC1=O. The van der Waals surface area contributed by atoms with E-state index >= 15 is 0 Å². The highest BCUT2D eigenvalue weighted by Gasteiger charge is 2.36. The van der Waals surface area contributed by atoms with Gasteiger partial charge in [-0.1, -0.05) is 29.8 Å². The molecule has 35 heavy (non-hydrogen) atoms. The van der Waals surface area contributed by atoms with Crippen LogP contribution >= 0.6 is 23.4 Å². The largest absolute Gasteiger partial charge is 0.495 e. The number of fused-ring (bicyclic) bond motifs is 1. The number of methoxy groups -OCH3 is 1. The Balaban J connectivity index is 1.42. The number of aliphatic imine (C=N–C) groups is 1. The van der Waals surface area contributed by atoms with E-state index in [1.807, 2.05) is 54.1 Å². The molecular weight excluding hydrogens is 486 g/mol. The molecule has 0 saturated carbocycles. The molecule has 1 aromatic heterocycles. The van der Waals surface area contributed by atoms with Crippen LogP contribution in [0.1, 0.15) is 11.3 Å². The van der Waals surface area contributed by atoms with Crippen molar-refractivity contribution in [3.63, 3.8) is 0 Å². The topological polar surface area (TPSA) is 92.3 Å². The molecular formula is C25H20ClN5O3S. The van der Waals surface area contributed by atoms with Crippen molar-refractivity contribution in [1.82, 2.24) is 9.58 Å². The number of carbonyl (C=O) groups excluding carboxylic acids is 1. The zero-order chi connectivity index (χ0) is 24.5. The van der Waals surface area contributed by atoms with Gasteiger partial charge in [-0.2, -0.15) is 15.1 Å². The average molecular weight is 506 g/mol. The van der Waals surface area contributed by atoms with Crippen LogP contribution in [0.25, 0.3) is 11.8 Å². The number of para-hydroxylation sites is 1. The number of hydrogen-bond donors (Lipinski definition) is 1. The van der Waals surface area contributed by atoms with E-state index in [4.69, 9.17) is 26.5 Å². The molecule has 0 bridgehead atoms. The monoisotopic (exact) mass is 505 g/mol. The summed E-state index contributed by atoms with van der Waals surface area (Å²) < 4.78 is 13.2. The summed E-state index contributed by atoms with van der Waals surface area (Å²) in [6, 6.07) is 16.7. The molecule has 5 rings (SSSR count). The van der Waals surface area contributed by atoms with Gasteiger partial charge in [0.2, 0.25) is 5.17 Å². The lowest BCUT2D eigenvalue weighted by atomic mass is 10.1. The number of hydrazone groups is 1. The van der Waals surface area contributed by atoms with Crippen LogP contribution in [0.15, 0.2) is 76.5 Å². The van der Waals surface area contributed by atoms with Crippen LogP contribution in [-0.4, -0.2) is 45.2 Å². The molecule has 2 aromatic carbocycles. The van der Waals surface area contributed by atoms with Crippen molar-refractivity contribution < 1.29 is 14.3 Å². The van der Waals surface area contributed by atoms with E-state index in [1.165, 1.54) is 16.8 Å². The van der Waals surface area contributed by atoms with Crippen molar-refractivity contribution in [2.24, 2.45) is 10.1 Å². The van der Waals surface area contributed by atoms with E-state index < -0.39 is 5.91 Å². The Labute approximate surface area is 211 Å². The molecule has 0 aliphatic carbocycles. The number of thioether (sulfide) groups is 1. The molecule has 2 aliphatic heterocycles. The van der Waals surface area contributed by atoms with Gasteiger partial charge in [0.15, 0.2) is 5.84 Å². The van der Waals surface area contributed by atoms with Gasteiger partial charge in [-0.05, 0) is 66.7 Å². The third kappa shape index (κ3) is 4.48. The van der Waals surface area contributed by atoms with E-state index in [0.717, 1.165) is 11.3 Å². The smallest absolute Gasteiger partial charge is 0.283 e. The number of nitrogens with one attached hydrogen (secondary N) is 1. The molecule has 3 aromatic rings. The third-order valence-corrected chi connectivity index (χ3v) is 6.53. The van der Waals surface area contributed by atoms with Crippen LogP contribution in [0.3, 0.4) is 0 Å². The van der Waals surface area contributed by atoms with Gasteiger partial charge in [0.05, 0.1) is 18.4 Å². The lowest BCUT2D eigenvalue weighted by Crippen LogP contribution is -2.35. The van der Waals surface area contributed by atoms with Crippen LogP contribution < -0.4 is 9.47 Å². The van der Waals surface area contributed by atoms with Gasteiger partial charge >= 0.3 is 0 Å². The highest BCUT2D eigenvalue weighted by atomic mass is 35.5. The summed E-state index contributed by atoms with van der Waals surface area (Å²) in [6.45, 7) is 2.18. The van der Waals surface area contributed by atoms with E-state index in [0.29, 0.717) is 32.4 Å². The first-order valence-electron chi connectivity index (χ1n) is 10.6. The van der Waals surface area contributed by atoms with E-state index in [-0.39, 0.29) is 18.0 Å². The van der Waals surface area contributed by atoms with Gasteiger partial charge in [-0.15, -0.1) is 0 Å². The fourth-order valence-corrected chi connectivity index (χ4v) is 4.64. The van der Waals surface area contributed by atoms with Crippen LogP contribution in [0, 0.1) is 12.3 Å². The number of nitrogens with zero attached hydrogens (tertiary/aromatic N) is 4. The minimum atomic E-state index is -0.504. The Morgan fingerprint density at radius 1 is 1.14 bits per heavy atom. The molecule has 1 N–H and O–H groups in total. The summed E-state index contributed by atoms with van der Waals surface area (Å²) in [5.41, 5.74) is 2.51. The van der Waals surface area contributed by atoms with Gasteiger partial charge in [0, 0.05) is 16.9 Å². The van der Waals surface area contributed by atoms with Crippen LogP contribution in [0.5, 0.6) is 11.5 Å². The maximum atomic E-state index is 12.9. The van der Waals surface area contributed by atoms with Gasteiger partial charge in [-0.25, -0.2) is 0 Å². The summed E-state index contributed by atoms with van der Waals surface area (Å²) in [4.78, 5) is 17.0. The molecule has 0 atom stereocenters. The van der Waals surface area contributed by atoms with Crippen molar-refractivity contribution >= 4 is 51.4 Å². The van der Waals surface area contributed by atoms with E-state index in [1.54, 1.807) is 31.4 Å². The zero-order valence-corrected chi connectivity index (χ0v) is 20.4. The Morgan fingerprint density at radius 2 is 1.97 bits per heavy atom. The van der Waals surface area contributed by atoms with Gasteiger partial charge < -0.3 is 14.0 Å². The van der Waals surface area contributed by atoms with E-state index in [2.05, 4.69) is 10.1 Å². The molecule has 0 spiro atoms. The summed E-state index contributed by atoms with van der Waals surface area (Å²) >= 11 is 7.42. The maximum Gasteiger partial charge on any atom is 0.283 e. The fraction of sp³-hybridized carbons (Fsp3) is 0.120. The van der Waals surface area contributed by atoms with Crippen molar-refractivity contribution in [2.75, 3.05) is 13.7 Å². The lowest BCUT2D eigenvalue weighted by molar-refractivity contribution is -0.114. The molecule has 0 fully saturated rings. The number of amides is 1. The van der Waals surface area contributed by atoms with Crippen LogP contribution in [0.2, 0.25) is 5.02 Å². The van der Waals surface area contributed by atoms with Crippen molar-refractivity contribution in [3.8, 4) is 17.2 Å². The van der Waals surface area contributed by atoms with Gasteiger partial charge in [0.25, 0.3) is 5.91 Å². The molecule has 0 radical (unpaired) electrons. The Hall–Kier alpha value is -3.82. The van der Waals surface area contributed by atoms with Crippen molar-refractivity contribution in [1.29, 1.82) is 5.41 Å². The maximum absolute atomic E-state index is 12.9. The molecule has 10 heteroatoms. The van der Waals surface area contributed by atoms with Gasteiger partial charge in [-0.3, -0.25) is 10.2 Å². The minimum Gasteiger partial charge on any atom is -0.495 e. The second-order valence-electron chi connectivity index (χ2n) is 7.69. The predicted molar refractivity (Wildman–Crippen MR) is 139 cm³/mol. The minimum absolute atomic E-state index is 0.0517. The zero-order valence-electron chi connectivity index (χ0n) is 18.9. The van der Waals surface area contributed by atoms with E-state index in [9.17, 15) is 4.79 Å². The predicted octanol–water partition coefficient (Wildman–Crippen LogP) is 5.15. The first-order valence-corrected chi connectivity index (χ1v) is 11.8. The third-order valence-electron chi connectivity index (χ3n) is 5.41. The number of benzene rings is 2. The Bertz CT molecular complexity index is 1440. The number of halogens is 1. The average Bonchev–Trinajstić information content (AvgIpc) is 3.48.